The van der Waals surface area contributed by atoms with Gasteiger partial charge in [0.05, 0.1) is 13.3 Å². The molecule has 0 spiro atoms. The van der Waals surface area contributed by atoms with E-state index in [2.05, 4.69) is 25.4 Å². The molecule has 0 aliphatic rings. The molecular weight excluding hydrogens is 360 g/mol. The summed E-state index contributed by atoms with van der Waals surface area (Å²) in [6.07, 6.45) is 6.37. The number of methoxy groups -OCH3 is 1. The zero-order chi connectivity index (χ0) is 19.5. The van der Waals surface area contributed by atoms with Crippen LogP contribution in [-0.2, 0) is 0 Å². The van der Waals surface area contributed by atoms with Crippen molar-refractivity contribution in [1.29, 1.82) is 0 Å². The van der Waals surface area contributed by atoms with Gasteiger partial charge in [0.15, 0.2) is 0 Å². The summed E-state index contributed by atoms with van der Waals surface area (Å²) in [4.78, 5) is 25.4. The highest BCUT2D eigenvalue weighted by atomic mass is 16.5. The Morgan fingerprint density at radius 2 is 2.07 bits per heavy atom. The minimum Gasteiger partial charge on any atom is -0.479 e. The fraction of sp³-hybridized carbons (Fsp3) is 0.105. The summed E-state index contributed by atoms with van der Waals surface area (Å²) in [6.45, 7) is 1.68. The van der Waals surface area contributed by atoms with Crippen LogP contribution in [0.5, 0.6) is 5.88 Å². The summed E-state index contributed by atoms with van der Waals surface area (Å²) >= 11 is 0. The third kappa shape index (κ3) is 3.20. The summed E-state index contributed by atoms with van der Waals surface area (Å²) in [5.41, 5.74) is 1.91. The molecule has 4 rings (SSSR count). The van der Waals surface area contributed by atoms with Crippen molar-refractivity contribution >= 4 is 11.6 Å². The summed E-state index contributed by atoms with van der Waals surface area (Å²) in [5.74, 6) is 0.613. The first kappa shape index (κ1) is 17.4. The number of anilines is 1. The van der Waals surface area contributed by atoms with Crippen LogP contribution in [0.2, 0.25) is 0 Å². The zero-order valence-electron chi connectivity index (χ0n) is 15.2. The van der Waals surface area contributed by atoms with Crippen LogP contribution in [0.25, 0.3) is 17.2 Å². The molecule has 4 aromatic rings. The van der Waals surface area contributed by atoms with Gasteiger partial charge in [0.2, 0.25) is 11.8 Å². The van der Waals surface area contributed by atoms with Crippen molar-refractivity contribution in [1.82, 2.24) is 24.7 Å². The van der Waals surface area contributed by atoms with E-state index in [4.69, 9.17) is 9.26 Å². The van der Waals surface area contributed by atoms with Crippen molar-refractivity contribution in [3.8, 4) is 23.1 Å². The molecule has 0 aliphatic heterocycles. The summed E-state index contributed by atoms with van der Waals surface area (Å²) in [5, 5.41) is 6.80. The van der Waals surface area contributed by atoms with Crippen LogP contribution in [0, 0.1) is 6.92 Å². The SMILES string of the molecule is COc1nc(-n2ccnc2)ncc1NC(=O)c1c(-c2ccccc2)noc1C. The highest BCUT2D eigenvalue weighted by Crippen LogP contribution is 2.28. The number of hydrogen-bond donors (Lipinski definition) is 1. The lowest BCUT2D eigenvalue weighted by Crippen LogP contribution is -2.15. The van der Waals surface area contributed by atoms with E-state index < -0.39 is 5.91 Å². The molecule has 0 aliphatic carbocycles. The van der Waals surface area contributed by atoms with Crippen molar-refractivity contribution in [2.45, 2.75) is 6.92 Å². The summed E-state index contributed by atoms with van der Waals surface area (Å²) in [6, 6.07) is 9.34. The molecule has 0 unspecified atom stereocenters. The predicted octanol–water partition coefficient (Wildman–Crippen LogP) is 2.89. The number of nitrogens with zero attached hydrogens (tertiary/aromatic N) is 5. The minimum atomic E-state index is -0.394. The lowest BCUT2D eigenvalue weighted by atomic mass is 10.1. The van der Waals surface area contributed by atoms with Crippen molar-refractivity contribution in [2.75, 3.05) is 12.4 Å². The highest BCUT2D eigenvalue weighted by molar-refractivity contribution is 6.09. The maximum atomic E-state index is 12.9. The number of carbonyl (C=O) groups is 1. The van der Waals surface area contributed by atoms with E-state index in [1.807, 2.05) is 30.3 Å². The minimum absolute atomic E-state index is 0.224. The van der Waals surface area contributed by atoms with Crippen LogP contribution >= 0.6 is 0 Å². The van der Waals surface area contributed by atoms with Crippen LogP contribution in [0.15, 0.2) is 59.8 Å². The molecule has 140 valence electrons. The van der Waals surface area contributed by atoms with Crippen molar-refractivity contribution in [3.05, 3.63) is 66.6 Å². The number of aromatic nitrogens is 5. The Bertz CT molecular complexity index is 1110. The highest BCUT2D eigenvalue weighted by Gasteiger charge is 2.23. The molecule has 0 saturated heterocycles. The van der Waals surface area contributed by atoms with Crippen molar-refractivity contribution in [3.63, 3.8) is 0 Å². The molecule has 28 heavy (non-hydrogen) atoms. The quantitative estimate of drug-likeness (QED) is 0.570. The number of benzene rings is 1. The first-order valence-electron chi connectivity index (χ1n) is 8.39. The zero-order valence-corrected chi connectivity index (χ0v) is 15.2. The smallest absolute Gasteiger partial charge is 0.261 e. The van der Waals surface area contributed by atoms with Gasteiger partial charge in [-0.05, 0) is 6.92 Å². The Balaban J connectivity index is 1.65. The number of ether oxygens (including phenoxy) is 1. The third-order valence-electron chi connectivity index (χ3n) is 4.05. The Labute approximate surface area is 160 Å². The molecule has 9 nitrogen and oxygen atoms in total. The molecule has 1 amide bonds. The third-order valence-corrected chi connectivity index (χ3v) is 4.05. The number of carbonyl (C=O) groups excluding carboxylic acids is 1. The van der Waals surface area contributed by atoms with E-state index >= 15 is 0 Å². The van der Waals surface area contributed by atoms with Gasteiger partial charge in [0, 0.05) is 18.0 Å². The monoisotopic (exact) mass is 376 g/mol. The first-order chi connectivity index (χ1) is 13.7. The maximum Gasteiger partial charge on any atom is 0.261 e. The van der Waals surface area contributed by atoms with Gasteiger partial charge in [-0.3, -0.25) is 9.36 Å². The average Bonchev–Trinajstić information content (AvgIpc) is 3.39. The van der Waals surface area contributed by atoms with Crippen LogP contribution in [0.4, 0.5) is 5.69 Å². The molecule has 0 atom stereocenters. The molecule has 0 saturated carbocycles. The van der Waals surface area contributed by atoms with Crippen molar-refractivity contribution < 1.29 is 14.1 Å². The number of imidazole rings is 1. The van der Waals surface area contributed by atoms with Gasteiger partial charge < -0.3 is 14.6 Å². The first-order valence-corrected chi connectivity index (χ1v) is 8.39. The van der Waals surface area contributed by atoms with E-state index in [-0.39, 0.29) is 5.88 Å². The molecule has 3 aromatic heterocycles. The van der Waals surface area contributed by atoms with E-state index in [9.17, 15) is 4.79 Å². The molecule has 0 radical (unpaired) electrons. The van der Waals surface area contributed by atoms with Crippen LogP contribution in [-0.4, -0.2) is 37.7 Å². The van der Waals surface area contributed by atoms with Gasteiger partial charge in [-0.15, -0.1) is 0 Å². The lowest BCUT2D eigenvalue weighted by Gasteiger charge is -2.10. The van der Waals surface area contributed by atoms with E-state index in [0.717, 1.165) is 5.56 Å². The molecular formula is C19H16N6O3. The Hall–Kier alpha value is -4.01. The van der Waals surface area contributed by atoms with Crippen molar-refractivity contribution in [2.24, 2.45) is 0 Å². The average molecular weight is 376 g/mol. The Morgan fingerprint density at radius 3 is 2.79 bits per heavy atom. The van der Waals surface area contributed by atoms with Crippen LogP contribution in [0.1, 0.15) is 16.1 Å². The second kappa shape index (κ2) is 7.31. The maximum absolute atomic E-state index is 12.9. The lowest BCUT2D eigenvalue weighted by molar-refractivity contribution is 0.102. The number of amides is 1. The predicted molar refractivity (Wildman–Crippen MR) is 100 cm³/mol. The van der Waals surface area contributed by atoms with E-state index in [1.165, 1.54) is 13.3 Å². The van der Waals surface area contributed by atoms with E-state index in [0.29, 0.717) is 28.7 Å². The molecule has 0 bridgehead atoms. The topological polar surface area (TPSA) is 108 Å². The molecule has 0 fully saturated rings. The van der Waals surface area contributed by atoms with Crippen LogP contribution < -0.4 is 10.1 Å². The number of hydrogen-bond acceptors (Lipinski definition) is 7. The van der Waals surface area contributed by atoms with Crippen LogP contribution in [0.3, 0.4) is 0 Å². The standard InChI is InChI=1S/C19H16N6O3/c1-12-15(16(24-28-12)13-6-4-3-5-7-13)17(26)22-14-10-21-19(23-18(14)27-2)25-9-8-20-11-25/h3-11H,1-2H3,(H,22,26). The van der Waals surface area contributed by atoms with Gasteiger partial charge >= 0.3 is 0 Å². The number of rotatable bonds is 5. The van der Waals surface area contributed by atoms with Gasteiger partial charge in [-0.25, -0.2) is 9.97 Å². The van der Waals surface area contributed by atoms with Gasteiger partial charge in [-0.1, -0.05) is 35.5 Å². The molecule has 1 N–H and O–H groups in total. The Kier molecular flexibility index (Phi) is 4.55. The van der Waals surface area contributed by atoms with Gasteiger partial charge in [-0.2, -0.15) is 4.98 Å². The summed E-state index contributed by atoms with van der Waals surface area (Å²) < 4.78 is 12.2. The Morgan fingerprint density at radius 1 is 1.25 bits per heavy atom. The second-order valence-electron chi connectivity index (χ2n) is 5.85. The second-order valence-corrected chi connectivity index (χ2v) is 5.85. The number of aryl methyl sites for hydroxylation is 1. The van der Waals surface area contributed by atoms with Gasteiger partial charge in [0.1, 0.15) is 29.0 Å². The summed E-state index contributed by atoms with van der Waals surface area (Å²) in [7, 11) is 1.47. The molecule has 9 heteroatoms. The normalized spacial score (nSPS) is 10.6. The van der Waals surface area contributed by atoms with Gasteiger partial charge in [0.25, 0.3) is 5.91 Å². The molecule has 3 heterocycles. The largest absolute Gasteiger partial charge is 0.479 e. The number of nitrogens with one attached hydrogen (secondary N) is 1. The molecule has 1 aromatic carbocycles. The van der Waals surface area contributed by atoms with E-state index in [1.54, 1.807) is 30.2 Å². The fourth-order valence-corrected chi connectivity index (χ4v) is 2.72. The fourth-order valence-electron chi connectivity index (χ4n) is 2.72.